The molecule has 0 unspecified atom stereocenters. The molecule has 0 spiro atoms. The fourth-order valence-electron chi connectivity index (χ4n) is 1.77. The molecule has 23 heavy (non-hydrogen) atoms. The van der Waals surface area contributed by atoms with Gasteiger partial charge < -0.3 is 10.6 Å². The van der Waals surface area contributed by atoms with Gasteiger partial charge in [-0.3, -0.25) is 0 Å². The van der Waals surface area contributed by atoms with E-state index in [2.05, 4.69) is 40.9 Å². The molecule has 1 aromatic heterocycles. The quantitative estimate of drug-likeness (QED) is 0.346. The number of rotatable bonds is 8. The third kappa shape index (κ3) is 10.9. The van der Waals surface area contributed by atoms with Gasteiger partial charge in [-0.05, 0) is 41.1 Å². The summed E-state index contributed by atoms with van der Waals surface area (Å²) in [7, 11) is -2.92. The molecule has 0 atom stereocenters. The van der Waals surface area contributed by atoms with E-state index in [0.29, 0.717) is 19.5 Å². The number of hydrogen-bond acceptors (Lipinski definition) is 4. The highest BCUT2D eigenvalue weighted by Crippen LogP contribution is 2.19. The van der Waals surface area contributed by atoms with Crippen LogP contribution in [0.5, 0.6) is 0 Å². The summed E-state index contributed by atoms with van der Waals surface area (Å²) in [5.74, 6) is 0.978. The van der Waals surface area contributed by atoms with Crippen molar-refractivity contribution >= 4 is 51.1 Å². The fourth-order valence-corrected chi connectivity index (χ4v) is 3.35. The number of thiophene rings is 1. The number of halogens is 1. The number of guanidine groups is 1. The van der Waals surface area contributed by atoms with Crippen molar-refractivity contribution < 1.29 is 8.42 Å². The van der Waals surface area contributed by atoms with Gasteiger partial charge in [-0.1, -0.05) is 13.8 Å². The van der Waals surface area contributed by atoms with Crippen LogP contribution in [-0.2, 0) is 16.4 Å². The molecule has 0 saturated carbocycles. The van der Waals surface area contributed by atoms with Gasteiger partial charge in [-0.2, -0.15) is 11.3 Å². The van der Waals surface area contributed by atoms with Crippen LogP contribution in [0.1, 0.15) is 32.8 Å². The predicted octanol–water partition coefficient (Wildman–Crippen LogP) is 2.88. The Kier molecular flexibility index (Phi) is 10.3. The lowest BCUT2D eigenvalue weighted by Gasteiger charge is -2.25. The molecule has 0 aromatic carbocycles. The van der Waals surface area contributed by atoms with Gasteiger partial charge in [0.15, 0.2) is 5.96 Å². The van der Waals surface area contributed by atoms with Gasteiger partial charge in [0.2, 0.25) is 0 Å². The summed E-state index contributed by atoms with van der Waals surface area (Å²) in [6.45, 7) is 8.26. The monoisotopic (exact) mass is 473 g/mol. The summed E-state index contributed by atoms with van der Waals surface area (Å²) in [5.41, 5.74) is 1.08. The van der Waals surface area contributed by atoms with Crippen molar-refractivity contribution in [3.05, 3.63) is 22.4 Å². The Morgan fingerprint density at radius 1 is 1.35 bits per heavy atom. The minimum absolute atomic E-state index is 0. The predicted molar refractivity (Wildman–Crippen MR) is 111 cm³/mol. The van der Waals surface area contributed by atoms with Crippen molar-refractivity contribution in [2.75, 3.05) is 25.1 Å². The standard InChI is InChI=1S/C15H27N3O2S2.HI/c1-5-16-14(17-10-13-6-8-21-11-13)18-12-15(2,3)7-9-22(4,19)20;/h6,8,11H,5,7,9-10,12H2,1-4H3,(H2,16,17,18);1H. The third-order valence-corrected chi connectivity index (χ3v) is 4.91. The first kappa shape index (κ1) is 22.6. The van der Waals surface area contributed by atoms with Gasteiger partial charge in [0.25, 0.3) is 0 Å². The zero-order valence-electron chi connectivity index (χ0n) is 14.3. The summed E-state index contributed by atoms with van der Waals surface area (Å²) in [5, 5.41) is 10.6. The van der Waals surface area contributed by atoms with Gasteiger partial charge in [-0.25, -0.2) is 13.4 Å². The molecule has 0 amide bonds. The zero-order chi connectivity index (χ0) is 16.6. The highest BCUT2D eigenvalue weighted by atomic mass is 127. The van der Waals surface area contributed by atoms with Gasteiger partial charge in [0.05, 0.1) is 12.3 Å². The van der Waals surface area contributed by atoms with E-state index in [1.807, 2.05) is 12.3 Å². The van der Waals surface area contributed by atoms with E-state index in [1.54, 1.807) is 11.3 Å². The lowest BCUT2D eigenvalue weighted by Crippen LogP contribution is -2.42. The van der Waals surface area contributed by atoms with E-state index in [9.17, 15) is 8.42 Å². The second-order valence-corrected chi connectivity index (χ2v) is 9.26. The molecule has 0 saturated heterocycles. The van der Waals surface area contributed by atoms with Crippen LogP contribution in [0.25, 0.3) is 0 Å². The zero-order valence-corrected chi connectivity index (χ0v) is 18.2. The molecule has 0 fully saturated rings. The van der Waals surface area contributed by atoms with Crippen LogP contribution in [0, 0.1) is 5.41 Å². The largest absolute Gasteiger partial charge is 0.357 e. The number of nitrogens with one attached hydrogen (secondary N) is 2. The highest BCUT2D eigenvalue weighted by Gasteiger charge is 2.20. The van der Waals surface area contributed by atoms with Gasteiger partial charge in [0.1, 0.15) is 9.84 Å². The summed E-state index contributed by atoms with van der Waals surface area (Å²) < 4.78 is 22.6. The Balaban J connectivity index is 0.00000484. The molecule has 2 N–H and O–H groups in total. The number of sulfone groups is 1. The lowest BCUT2D eigenvalue weighted by molar-refractivity contribution is 0.348. The molecule has 1 rings (SSSR count). The van der Waals surface area contributed by atoms with Crippen molar-refractivity contribution in [1.82, 2.24) is 10.6 Å². The maximum atomic E-state index is 11.3. The number of hydrogen-bond donors (Lipinski definition) is 2. The summed E-state index contributed by atoms with van der Waals surface area (Å²) in [6, 6.07) is 2.06. The first-order chi connectivity index (χ1) is 10.2. The maximum absolute atomic E-state index is 11.3. The third-order valence-electron chi connectivity index (χ3n) is 3.23. The van der Waals surface area contributed by atoms with Crippen LogP contribution in [0.15, 0.2) is 21.8 Å². The van der Waals surface area contributed by atoms with E-state index in [4.69, 9.17) is 0 Å². The van der Waals surface area contributed by atoms with Crippen molar-refractivity contribution in [3.8, 4) is 0 Å². The second-order valence-electron chi connectivity index (χ2n) is 6.22. The fraction of sp³-hybridized carbons (Fsp3) is 0.667. The van der Waals surface area contributed by atoms with Gasteiger partial charge >= 0.3 is 0 Å². The number of aliphatic imine (C=N–C) groups is 1. The smallest absolute Gasteiger partial charge is 0.191 e. The molecule has 5 nitrogen and oxygen atoms in total. The van der Waals surface area contributed by atoms with E-state index in [-0.39, 0.29) is 35.1 Å². The van der Waals surface area contributed by atoms with Crippen molar-refractivity contribution in [1.29, 1.82) is 0 Å². The summed E-state index contributed by atoms with van der Waals surface area (Å²) in [6.07, 6.45) is 1.91. The van der Waals surface area contributed by atoms with Crippen LogP contribution < -0.4 is 10.6 Å². The molecule has 0 aliphatic rings. The Hall–Kier alpha value is -0.350. The van der Waals surface area contributed by atoms with E-state index in [0.717, 1.165) is 12.5 Å². The molecule has 134 valence electrons. The Bertz CT molecular complexity index is 570. The van der Waals surface area contributed by atoms with E-state index in [1.165, 1.54) is 11.8 Å². The van der Waals surface area contributed by atoms with E-state index >= 15 is 0 Å². The highest BCUT2D eigenvalue weighted by molar-refractivity contribution is 14.0. The average molecular weight is 473 g/mol. The van der Waals surface area contributed by atoms with E-state index < -0.39 is 9.84 Å². The van der Waals surface area contributed by atoms with Crippen molar-refractivity contribution in [2.45, 2.75) is 33.7 Å². The molecular formula is C15H28IN3O2S2. The van der Waals surface area contributed by atoms with Gasteiger partial charge in [-0.15, -0.1) is 24.0 Å². The Labute approximate surface area is 161 Å². The average Bonchev–Trinajstić information content (AvgIpc) is 2.92. The summed E-state index contributed by atoms with van der Waals surface area (Å²) >= 11 is 1.66. The molecule has 8 heteroatoms. The first-order valence-corrected chi connectivity index (χ1v) is 10.4. The SMILES string of the molecule is CCNC(=NCc1ccsc1)NCC(C)(C)CCS(C)(=O)=O.I. The molecule has 0 radical (unpaired) electrons. The molecule has 0 aliphatic heterocycles. The Morgan fingerprint density at radius 3 is 2.57 bits per heavy atom. The second kappa shape index (κ2) is 10.5. The first-order valence-electron chi connectivity index (χ1n) is 7.43. The normalized spacial score (nSPS) is 12.6. The lowest BCUT2D eigenvalue weighted by atomic mass is 9.90. The molecule has 0 bridgehead atoms. The minimum atomic E-state index is -2.92. The van der Waals surface area contributed by atoms with Crippen molar-refractivity contribution in [2.24, 2.45) is 10.4 Å². The molecular weight excluding hydrogens is 445 g/mol. The topological polar surface area (TPSA) is 70.6 Å². The maximum Gasteiger partial charge on any atom is 0.191 e. The minimum Gasteiger partial charge on any atom is -0.357 e. The summed E-state index contributed by atoms with van der Waals surface area (Å²) in [4.78, 5) is 4.55. The van der Waals surface area contributed by atoms with Crippen LogP contribution >= 0.6 is 35.3 Å². The van der Waals surface area contributed by atoms with Crippen LogP contribution in [0.2, 0.25) is 0 Å². The van der Waals surface area contributed by atoms with Crippen molar-refractivity contribution in [3.63, 3.8) is 0 Å². The Morgan fingerprint density at radius 2 is 2.04 bits per heavy atom. The molecule has 0 aliphatic carbocycles. The van der Waals surface area contributed by atoms with Gasteiger partial charge in [0, 0.05) is 19.3 Å². The number of nitrogens with zero attached hydrogens (tertiary/aromatic N) is 1. The van der Waals surface area contributed by atoms with Crippen LogP contribution in [-0.4, -0.2) is 39.5 Å². The molecule has 1 aromatic rings. The van der Waals surface area contributed by atoms with Crippen LogP contribution in [0.4, 0.5) is 0 Å². The molecule has 1 heterocycles. The van der Waals surface area contributed by atoms with Crippen LogP contribution in [0.3, 0.4) is 0 Å².